The largest absolute Gasteiger partial charge is 0.461 e. The lowest BCUT2D eigenvalue weighted by Crippen LogP contribution is -2.15. The number of nitrogens with zero attached hydrogens (tertiary/aromatic N) is 1. The number of ether oxygens (including phenoxy) is 1. The molecule has 100 valence electrons. The van der Waals surface area contributed by atoms with Crippen LogP contribution in [-0.2, 0) is 4.74 Å². The highest BCUT2D eigenvalue weighted by molar-refractivity contribution is 5.88. The van der Waals surface area contributed by atoms with Crippen LogP contribution < -0.4 is 5.56 Å². The maximum Gasteiger partial charge on any atom is 0.356 e. The fraction of sp³-hybridized carbons (Fsp3) is 0.286. The molecule has 0 fully saturated rings. The van der Waals surface area contributed by atoms with Crippen LogP contribution in [0.25, 0.3) is 5.69 Å². The number of carbonyl (C=O) groups is 1. The topological polar surface area (TPSA) is 64.1 Å². The molecular formula is C14H16N2O3. The number of rotatable bonds is 3. The molecule has 0 atom stereocenters. The highest BCUT2D eigenvalue weighted by Gasteiger charge is 2.18. The zero-order valence-electron chi connectivity index (χ0n) is 11.2. The van der Waals surface area contributed by atoms with E-state index in [0.717, 1.165) is 5.56 Å². The lowest BCUT2D eigenvalue weighted by atomic mass is 10.2. The highest BCUT2D eigenvalue weighted by atomic mass is 16.5. The van der Waals surface area contributed by atoms with E-state index in [0.29, 0.717) is 11.3 Å². The number of benzene rings is 1. The Morgan fingerprint density at radius 3 is 2.47 bits per heavy atom. The molecule has 0 radical (unpaired) electrons. The molecule has 0 amide bonds. The van der Waals surface area contributed by atoms with Gasteiger partial charge in [-0.25, -0.2) is 9.48 Å². The molecule has 19 heavy (non-hydrogen) atoms. The lowest BCUT2D eigenvalue weighted by Gasteiger charge is -2.02. The normalized spacial score (nSPS) is 10.5. The Labute approximate surface area is 110 Å². The Morgan fingerprint density at radius 1 is 1.26 bits per heavy atom. The van der Waals surface area contributed by atoms with Gasteiger partial charge in [0.05, 0.1) is 12.3 Å². The maximum absolute atomic E-state index is 12.1. The van der Waals surface area contributed by atoms with E-state index in [2.05, 4.69) is 5.10 Å². The molecule has 0 saturated heterocycles. The first-order valence-electron chi connectivity index (χ1n) is 6.10. The summed E-state index contributed by atoms with van der Waals surface area (Å²) in [5.74, 6) is -0.511. The molecule has 0 bridgehead atoms. The van der Waals surface area contributed by atoms with E-state index in [1.54, 1.807) is 13.8 Å². The minimum absolute atomic E-state index is 0.201. The maximum atomic E-state index is 12.1. The first-order valence-corrected chi connectivity index (χ1v) is 6.10. The fourth-order valence-electron chi connectivity index (χ4n) is 1.80. The molecule has 0 aliphatic carbocycles. The first kappa shape index (κ1) is 13.1. The van der Waals surface area contributed by atoms with Crippen molar-refractivity contribution in [1.82, 2.24) is 9.78 Å². The highest BCUT2D eigenvalue weighted by Crippen LogP contribution is 2.09. The number of esters is 1. The summed E-state index contributed by atoms with van der Waals surface area (Å²) < 4.78 is 6.26. The van der Waals surface area contributed by atoms with Gasteiger partial charge in [-0.05, 0) is 32.9 Å². The van der Waals surface area contributed by atoms with Crippen LogP contribution in [0.2, 0.25) is 0 Å². The third kappa shape index (κ3) is 2.45. The zero-order chi connectivity index (χ0) is 14.0. The van der Waals surface area contributed by atoms with Gasteiger partial charge in [0, 0.05) is 5.56 Å². The van der Waals surface area contributed by atoms with E-state index in [1.165, 1.54) is 4.68 Å². The smallest absolute Gasteiger partial charge is 0.356 e. The van der Waals surface area contributed by atoms with Gasteiger partial charge in [0.25, 0.3) is 5.56 Å². The Hall–Kier alpha value is -2.30. The molecule has 2 aromatic rings. The Bertz CT molecular complexity index is 650. The van der Waals surface area contributed by atoms with Gasteiger partial charge in [0.15, 0.2) is 0 Å². The predicted molar refractivity (Wildman–Crippen MR) is 71.8 cm³/mol. The van der Waals surface area contributed by atoms with Crippen LogP contribution in [0.4, 0.5) is 0 Å². The average molecular weight is 260 g/mol. The summed E-state index contributed by atoms with van der Waals surface area (Å²) in [5.41, 5.74) is 2.11. The number of hydrogen-bond acceptors (Lipinski definition) is 3. The van der Waals surface area contributed by atoms with Crippen molar-refractivity contribution < 1.29 is 9.53 Å². The number of H-pyrrole nitrogens is 1. The minimum Gasteiger partial charge on any atom is -0.461 e. The predicted octanol–water partition coefficient (Wildman–Crippen LogP) is 1.96. The molecule has 0 unspecified atom stereocenters. The molecule has 1 aromatic carbocycles. The van der Waals surface area contributed by atoms with Crippen molar-refractivity contribution in [2.45, 2.75) is 20.8 Å². The number of nitrogens with one attached hydrogen (secondary N) is 1. The molecule has 0 aliphatic rings. The number of hydrogen-bond donors (Lipinski definition) is 1. The summed E-state index contributed by atoms with van der Waals surface area (Å²) in [6.07, 6.45) is 0. The molecule has 5 nitrogen and oxygen atoms in total. The van der Waals surface area contributed by atoms with Crippen LogP contribution in [0, 0.1) is 13.8 Å². The van der Waals surface area contributed by atoms with Crippen molar-refractivity contribution in [3.63, 3.8) is 0 Å². The van der Waals surface area contributed by atoms with Crippen LogP contribution in [0.5, 0.6) is 0 Å². The summed E-state index contributed by atoms with van der Waals surface area (Å²) in [4.78, 5) is 23.8. The summed E-state index contributed by atoms with van der Waals surface area (Å²) in [7, 11) is 0. The molecule has 1 heterocycles. The number of carbonyl (C=O) groups excluding carboxylic acids is 1. The molecule has 0 aliphatic heterocycles. The van der Waals surface area contributed by atoms with E-state index in [1.807, 2.05) is 31.2 Å². The Balaban J connectivity index is 2.49. The van der Waals surface area contributed by atoms with Gasteiger partial charge >= 0.3 is 5.97 Å². The van der Waals surface area contributed by atoms with Gasteiger partial charge in [-0.2, -0.15) is 0 Å². The summed E-state index contributed by atoms with van der Waals surface area (Å²) in [6.45, 7) is 5.57. The molecular weight excluding hydrogens is 244 g/mol. The molecule has 1 aromatic heterocycles. The SMILES string of the molecule is CCOC(=O)c1[nH]n(-c2ccc(C)cc2)c(=O)c1C. The van der Waals surface area contributed by atoms with Gasteiger partial charge in [0.2, 0.25) is 0 Å². The molecule has 0 saturated carbocycles. The van der Waals surface area contributed by atoms with Gasteiger partial charge in [-0.3, -0.25) is 9.89 Å². The van der Waals surface area contributed by atoms with Crippen LogP contribution in [0.1, 0.15) is 28.5 Å². The third-order valence-corrected chi connectivity index (χ3v) is 2.89. The van der Waals surface area contributed by atoms with Gasteiger partial charge in [-0.1, -0.05) is 17.7 Å². The van der Waals surface area contributed by atoms with E-state index in [-0.39, 0.29) is 17.9 Å². The number of aryl methyl sites for hydroxylation is 1. The van der Waals surface area contributed by atoms with Crippen LogP contribution in [0.3, 0.4) is 0 Å². The van der Waals surface area contributed by atoms with E-state index >= 15 is 0 Å². The monoisotopic (exact) mass is 260 g/mol. The van der Waals surface area contributed by atoms with Gasteiger partial charge in [0.1, 0.15) is 5.69 Å². The van der Waals surface area contributed by atoms with Gasteiger partial charge < -0.3 is 4.74 Å². The molecule has 0 spiro atoms. The van der Waals surface area contributed by atoms with E-state index in [9.17, 15) is 9.59 Å². The lowest BCUT2D eigenvalue weighted by molar-refractivity contribution is 0.0518. The van der Waals surface area contributed by atoms with Crippen molar-refractivity contribution >= 4 is 5.97 Å². The van der Waals surface area contributed by atoms with Crippen molar-refractivity contribution in [3.05, 3.63) is 51.4 Å². The number of aromatic amines is 1. The quantitative estimate of drug-likeness (QED) is 0.858. The second kappa shape index (κ2) is 5.14. The van der Waals surface area contributed by atoms with E-state index in [4.69, 9.17) is 4.74 Å². The second-order valence-corrected chi connectivity index (χ2v) is 4.31. The van der Waals surface area contributed by atoms with Crippen molar-refractivity contribution in [2.24, 2.45) is 0 Å². The first-order chi connectivity index (χ1) is 9.04. The van der Waals surface area contributed by atoms with Gasteiger partial charge in [-0.15, -0.1) is 0 Å². The van der Waals surface area contributed by atoms with Crippen molar-refractivity contribution in [3.8, 4) is 5.69 Å². The van der Waals surface area contributed by atoms with Crippen molar-refractivity contribution in [1.29, 1.82) is 0 Å². The van der Waals surface area contributed by atoms with Crippen LogP contribution in [0.15, 0.2) is 29.1 Å². The zero-order valence-corrected chi connectivity index (χ0v) is 11.2. The van der Waals surface area contributed by atoms with Crippen LogP contribution >= 0.6 is 0 Å². The Kier molecular flexibility index (Phi) is 3.55. The van der Waals surface area contributed by atoms with Crippen molar-refractivity contribution in [2.75, 3.05) is 6.61 Å². The summed E-state index contributed by atoms with van der Waals surface area (Å²) in [6, 6.07) is 7.45. The molecule has 5 heteroatoms. The Morgan fingerprint density at radius 2 is 1.89 bits per heavy atom. The van der Waals surface area contributed by atoms with Crippen LogP contribution in [-0.4, -0.2) is 22.4 Å². The third-order valence-electron chi connectivity index (χ3n) is 2.89. The summed E-state index contributed by atoms with van der Waals surface area (Å²) >= 11 is 0. The fourth-order valence-corrected chi connectivity index (χ4v) is 1.80. The summed E-state index contributed by atoms with van der Waals surface area (Å²) in [5, 5.41) is 2.80. The molecule has 1 N–H and O–H groups in total. The standard InChI is InChI=1S/C14H16N2O3/c1-4-19-14(18)12-10(3)13(17)16(15-12)11-7-5-9(2)6-8-11/h5-8,15H,4H2,1-3H3. The number of aromatic nitrogens is 2. The van der Waals surface area contributed by atoms with E-state index < -0.39 is 5.97 Å². The second-order valence-electron chi connectivity index (χ2n) is 4.31. The molecule has 2 rings (SSSR count). The average Bonchev–Trinajstić information content (AvgIpc) is 2.68. The minimum atomic E-state index is -0.511.